The molecule has 1 aromatic carbocycles. The van der Waals surface area contributed by atoms with Crippen LogP contribution in [0.5, 0.6) is 5.75 Å². The summed E-state index contributed by atoms with van der Waals surface area (Å²) in [5.74, 6) is 0.378. The topological polar surface area (TPSA) is 30.0 Å². The lowest BCUT2D eigenvalue weighted by molar-refractivity contribution is -0.0205. The predicted octanol–water partition coefficient (Wildman–Crippen LogP) is 2.33. The average Bonchev–Trinajstić information content (AvgIpc) is 2.57. The summed E-state index contributed by atoms with van der Waals surface area (Å²) in [6.45, 7) is 10.6. The Morgan fingerprint density at radius 1 is 1.17 bits per heavy atom. The number of piperazine rings is 1. The zero-order valence-electron chi connectivity index (χ0n) is 15.2. The van der Waals surface area contributed by atoms with Crippen LogP contribution >= 0.6 is 0 Å². The molecule has 2 heterocycles. The van der Waals surface area contributed by atoms with E-state index in [-0.39, 0.29) is 0 Å². The van der Waals surface area contributed by atoms with Gasteiger partial charge in [-0.15, -0.1) is 6.58 Å². The Morgan fingerprint density at radius 2 is 1.92 bits per heavy atom. The summed E-state index contributed by atoms with van der Waals surface area (Å²) < 4.78 is 0. The number of hydrogen-bond acceptors (Lipinski definition) is 4. The van der Waals surface area contributed by atoms with E-state index in [1.807, 2.05) is 18.2 Å². The van der Waals surface area contributed by atoms with Gasteiger partial charge in [-0.25, -0.2) is 0 Å². The number of likely N-dealkylation sites (N-methyl/N-ethyl adjacent to an activating group) is 2. The Labute approximate surface area is 146 Å². The lowest BCUT2D eigenvalue weighted by Gasteiger charge is -2.52. The smallest absolute Gasteiger partial charge is 0.119 e. The summed E-state index contributed by atoms with van der Waals surface area (Å²) in [5.41, 5.74) is 2.63. The van der Waals surface area contributed by atoms with Gasteiger partial charge in [0.1, 0.15) is 5.75 Å². The van der Waals surface area contributed by atoms with Gasteiger partial charge in [-0.3, -0.25) is 9.80 Å². The summed E-state index contributed by atoms with van der Waals surface area (Å²) >= 11 is 0. The molecule has 0 saturated carbocycles. The second-order valence-corrected chi connectivity index (χ2v) is 7.62. The van der Waals surface area contributed by atoms with Crippen molar-refractivity contribution in [3.05, 3.63) is 42.0 Å². The Hall–Kier alpha value is -1.36. The molecule has 132 valence electrons. The second kappa shape index (κ2) is 7.26. The standard InChI is InChI=1S/C20H31N3O/c1-4-5-18-14-17(6-7-19(18)24)15-23-10-8-20(9-11-23)16-21(2)12-13-22(20)3/h4,6-7,14,24H,1,5,8-13,15-16H2,2-3H3. The van der Waals surface area contributed by atoms with E-state index in [2.05, 4.69) is 41.4 Å². The van der Waals surface area contributed by atoms with Crippen LogP contribution in [0.2, 0.25) is 0 Å². The normalized spacial score (nSPS) is 22.8. The molecule has 0 aromatic heterocycles. The SMILES string of the molecule is C=CCc1cc(CN2CCC3(CC2)CN(C)CCN3C)ccc1O. The predicted molar refractivity (Wildman–Crippen MR) is 99.4 cm³/mol. The molecule has 0 bridgehead atoms. The van der Waals surface area contributed by atoms with E-state index in [9.17, 15) is 5.11 Å². The quantitative estimate of drug-likeness (QED) is 0.859. The van der Waals surface area contributed by atoms with E-state index >= 15 is 0 Å². The van der Waals surface area contributed by atoms with E-state index in [0.717, 1.165) is 31.6 Å². The highest BCUT2D eigenvalue weighted by molar-refractivity contribution is 5.37. The van der Waals surface area contributed by atoms with Crippen LogP contribution in [0.4, 0.5) is 0 Å². The average molecular weight is 329 g/mol. The van der Waals surface area contributed by atoms with Crippen molar-refractivity contribution < 1.29 is 5.11 Å². The maximum absolute atomic E-state index is 9.92. The number of rotatable bonds is 4. The van der Waals surface area contributed by atoms with E-state index in [1.54, 1.807) is 0 Å². The van der Waals surface area contributed by atoms with Gasteiger partial charge in [0.05, 0.1) is 0 Å². The first kappa shape index (κ1) is 17.5. The molecular weight excluding hydrogens is 298 g/mol. The zero-order chi connectivity index (χ0) is 17.2. The minimum Gasteiger partial charge on any atom is -0.508 e. The Balaban J connectivity index is 1.61. The molecular formula is C20H31N3O. The molecule has 2 fully saturated rings. The zero-order valence-corrected chi connectivity index (χ0v) is 15.2. The molecule has 0 amide bonds. The van der Waals surface area contributed by atoms with Gasteiger partial charge in [0, 0.05) is 44.8 Å². The Bertz CT molecular complexity index is 578. The van der Waals surface area contributed by atoms with E-state index in [4.69, 9.17) is 0 Å². The Morgan fingerprint density at radius 3 is 2.62 bits per heavy atom. The van der Waals surface area contributed by atoms with Crippen LogP contribution in [0, 0.1) is 0 Å². The second-order valence-electron chi connectivity index (χ2n) is 7.62. The highest BCUT2D eigenvalue weighted by Crippen LogP contribution is 2.32. The number of benzene rings is 1. The fourth-order valence-electron chi connectivity index (χ4n) is 4.24. The number of nitrogens with zero attached hydrogens (tertiary/aromatic N) is 3. The summed E-state index contributed by atoms with van der Waals surface area (Å²) in [5, 5.41) is 9.92. The third-order valence-corrected chi connectivity index (χ3v) is 5.89. The summed E-state index contributed by atoms with van der Waals surface area (Å²) in [4.78, 5) is 7.63. The van der Waals surface area contributed by atoms with Crippen molar-refractivity contribution >= 4 is 0 Å². The molecule has 0 radical (unpaired) electrons. The molecule has 2 saturated heterocycles. The third kappa shape index (κ3) is 3.66. The van der Waals surface area contributed by atoms with Gasteiger partial charge >= 0.3 is 0 Å². The fourth-order valence-corrected chi connectivity index (χ4v) is 4.24. The molecule has 2 aliphatic heterocycles. The molecule has 1 spiro atoms. The number of piperidine rings is 1. The van der Waals surface area contributed by atoms with Crippen LogP contribution in [-0.4, -0.2) is 72.2 Å². The molecule has 0 aliphatic carbocycles. The van der Waals surface area contributed by atoms with Crippen molar-refractivity contribution in [2.45, 2.75) is 31.3 Å². The largest absolute Gasteiger partial charge is 0.508 e. The number of allylic oxidation sites excluding steroid dienone is 1. The minimum atomic E-state index is 0.368. The van der Waals surface area contributed by atoms with Crippen molar-refractivity contribution in [2.24, 2.45) is 0 Å². The fraction of sp³-hybridized carbons (Fsp3) is 0.600. The van der Waals surface area contributed by atoms with Gasteiger partial charge in [-0.1, -0.05) is 18.2 Å². The van der Waals surface area contributed by atoms with E-state index < -0.39 is 0 Å². The van der Waals surface area contributed by atoms with Crippen LogP contribution in [0.3, 0.4) is 0 Å². The molecule has 4 heteroatoms. The minimum absolute atomic E-state index is 0.368. The Kier molecular flexibility index (Phi) is 5.28. The number of phenols is 1. The van der Waals surface area contributed by atoms with Gasteiger partial charge in [0.25, 0.3) is 0 Å². The summed E-state index contributed by atoms with van der Waals surface area (Å²) in [6, 6.07) is 6.00. The molecule has 0 atom stereocenters. The first-order valence-electron chi connectivity index (χ1n) is 9.06. The van der Waals surface area contributed by atoms with Gasteiger partial charge in [0.2, 0.25) is 0 Å². The van der Waals surface area contributed by atoms with Gasteiger partial charge in [-0.05, 0) is 50.6 Å². The van der Waals surface area contributed by atoms with Gasteiger partial charge in [-0.2, -0.15) is 0 Å². The van der Waals surface area contributed by atoms with Crippen molar-refractivity contribution in [3.63, 3.8) is 0 Å². The van der Waals surface area contributed by atoms with Crippen molar-refractivity contribution in [3.8, 4) is 5.75 Å². The summed E-state index contributed by atoms with van der Waals surface area (Å²) in [6.07, 6.45) is 5.05. The highest BCUT2D eigenvalue weighted by atomic mass is 16.3. The first-order valence-corrected chi connectivity index (χ1v) is 9.06. The number of phenolic OH excluding ortho intramolecular Hbond substituents is 1. The molecule has 1 aromatic rings. The maximum Gasteiger partial charge on any atom is 0.119 e. The molecule has 4 nitrogen and oxygen atoms in total. The number of likely N-dealkylation sites (tertiary alicyclic amines) is 1. The lowest BCUT2D eigenvalue weighted by Crippen LogP contribution is -2.63. The van der Waals surface area contributed by atoms with Crippen molar-refractivity contribution in [1.82, 2.24) is 14.7 Å². The van der Waals surface area contributed by atoms with Gasteiger partial charge < -0.3 is 10.0 Å². The van der Waals surface area contributed by atoms with Crippen molar-refractivity contribution in [1.29, 1.82) is 0 Å². The summed E-state index contributed by atoms with van der Waals surface area (Å²) in [7, 11) is 4.54. The highest BCUT2D eigenvalue weighted by Gasteiger charge is 2.41. The van der Waals surface area contributed by atoms with E-state index in [0.29, 0.717) is 11.3 Å². The van der Waals surface area contributed by atoms with Crippen LogP contribution in [0.1, 0.15) is 24.0 Å². The number of hydrogen-bond donors (Lipinski definition) is 1. The monoisotopic (exact) mass is 329 g/mol. The third-order valence-electron chi connectivity index (χ3n) is 5.89. The molecule has 24 heavy (non-hydrogen) atoms. The van der Waals surface area contributed by atoms with Crippen LogP contribution in [0.15, 0.2) is 30.9 Å². The molecule has 0 unspecified atom stereocenters. The number of aromatic hydroxyl groups is 1. The lowest BCUT2D eigenvalue weighted by atomic mass is 9.83. The van der Waals surface area contributed by atoms with Crippen LogP contribution < -0.4 is 0 Å². The van der Waals surface area contributed by atoms with Crippen molar-refractivity contribution in [2.75, 3.05) is 46.8 Å². The first-order chi connectivity index (χ1) is 11.5. The molecule has 1 N–H and O–H groups in total. The van der Waals surface area contributed by atoms with E-state index in [1.165, 1.54) is 38.0 Å². The van der Waals surface area contributed by atoms with Crippen LogP contribution in [0.25, 0.3) is 0 Å². The molecule has 2 aliphatic rings. The maximum atomic E-state index is 9.92. The van der Waals surface area contributed by atoms with Gasteiger partial charge in [0.15, 0.2) is 0 Å². The van der Waals surface area contributed by atoms with Crippen LogP contribution in [-0.2, 0) is 13.0 Å². The molecule has 3 rings (SSSR count).